The van der Waals surface area contributed by atoms with Gasteiger partial charge in [0, 0.05) is 12.1 Å². The third-order valence-electron chi connectivity index (χ3n) is 2.29. The van der Waals surface area contributed by atoms with E-state index in [2.05, 4.69) is 4.72 Å². The molecular weight excluding hydrogens is 240 g/mol. The van der Waals surface area contributed by atoms with Gasteiger partial charge in [-0.25, -0.2) is 13.1 Å². The minimum absolute atomic E-state index is 0.198. The van der Waals surface area contributed by atoms with E-state index >= 15 is 0 Å². The van der Waals surface area contributed by atoms with Crippen LogP contribution in [0.25, 0.3) is 0 Å². The van der Waals surface area contributed by atoms with E-state index < -0.39 is 10.0 Å². The summed E-state index contributed by atoms with van der Waals surface area (Å²) < 4.78 is 30.9. The molecule has 0 atom stereocenters. The van der Waals surface area contributed by atoms with Crippen molar-refractivity contribution < 1.29 is 13.2 Å². The third kappa shape index (κ3) is 3.42. The van der Waals surface area contributed by atoms with Gasteiger partial charge in [-0.05, 0) is 31.7 Å². The van der Waals surface area contributed by atoms with Crippen LogP contribution in [0.2, 0.25) is 0 Å². The van der Waals surface area contributed by atoms with Crippen LogP contribution >= 0.6 is 0 Å². The number of benzene rings is 1. The number of nitrogens with two attached hydrogens (primary N) is 1. The van der Waals surface area contributed by atoms with Crippen molar-refractivity contribution in [3.63, 3.8) is 0 Å². The number of nitrogens with one attached hydrogen (secondary N) is 1. The second kappa shape index (κ2) is 6.00. The lowest BCUT2D eigenvalue weighted by molar-refractivity contribution is 0.314. The van der Waals surface area contributed by atoms with Crippen LogP contribution in [0.1, 0.15) is 18.9 Å². The number of rotatable bonds is 6. The predicted octanol–water partition coefficient (Wildman–Crippen LogP) is 0.842. The highest BCUT2D eigenvalue weighted by molar-refractivity contribution is 7.89. The molecule has 0 unspecified atom stereocenters. The zero-order valence-electron chi connectivity index (χ0n) is 10.1. The first-order valence-electron chi connectivity index (χ1n) is 5.44. The van der Waals surface area contributed by atoms with Gasteiger partial charge in [-0.1, -0.05) is 6.92 Å². The van der Waals surface area contributed by atoms with Crippen LogP contribution in [0.3, 0.4) is 0 Å². The molecule has 5 nitrogen and oxygen atoms in total. The molecule has 0 spiro atoms. The molecular formula is C11H18N2O3S. The zero-order valence-corrected chi connectivity index (χ0v) is 10.9. The number of ether oxygens (including phenoxy) is 1. The van der Waals surface area contributed by atoms with Crippen LogP contribution in [0.15, 0.2) is 23.1 Å². The van der Waals surface area contributed by atoms with Gasteiger partial charge >= 0.3 is 0 Å². The largest absolute Gasteiger partial charge is 0.493 e. The summed E-state index contributed by atoms with van der Waals surface area (Å²) in [6, 6.07) is 4.69. The molecule has 0 amide bonds. The molecule has 1 aromatic carbocycles. The Labute approximate surface area is 102 Å². The molecule has 0 aromatic heterocycles. The molecule has 1 aromatic rings. The van der Waals surface area contributed by atoms with Gasteiger partial charge in [0.2, 0.25) is 10.0 Å². The van der Waals surface area contributed by atoms with Gasteiger partial charge in [-0.2, -0.15) is 0 Å². The van der Waals surface area contributed by atoms with Gasteiger partial charge < -0.3 is 10.5 Å². The summed E-state index contributed by atoms with van der Waals surface area (Å²) in [5, 5.41) is 0. The molecule has 0 bridgehead atoms. The first kappa shape index (κ1) is 14.0. The minimum Gasteiger partial charge on any atom is -0.493 e. The maximum atomic E-state index is 11.6. The summed E-state index contributed by atoms with van der Waals surface area (Å²) in [6.45, 7) is 2.83. The van der Waals surface area contributed by atoms with E-state index in [0.29, 0.717) is 17.9 Å². The van der Waals surface area contributed by atoms with E-state index in [-0.39, 0.29) is 11.4 Å². The van der Waals surface area contributed by atoms with E-state index in [9.17, 15) is 8.42 Å². The zero-order chi connectivity index (χ0) is 12.9. The Hall–Kier alpha value is -1.11. The molecule has 0 radical (unpaired) electrons. The standard InChI is InChI=1S/C11H18N2O3S/c1-3-6-16-11-5-4-10(7-9(11)8-12)17(14,15)13-2/h4-5,7,13H,3,6,8,12H2,1-2H3. The summed E-state index contributed by atoms with van der Waals surface area (Å²) in [4.78, 5) is 0.198. The van der Waals surface area contributed by atoms with E-state index in [1.165, 1.54) is 19.2 Å². The summed E-state index contributed by atoms with van der Waals surface area (Å²) in [5.41, 5.74) is 6.27. The summed E-state index contributed by atoms with van der Waals surface area (Å²) >= 11 is 0. The van der Waals surface area contributed by atoms with E-state index in [1.54, 1.807) is 6.07 Å². The van der Waals surface area contributed by atoms with Crippen molar-refractivity contribution in [3.8, 4) is 5.75 Å². The monoisotopic (exact) mass is 258 g/mol. The van der Waals surface area contributed by atoms with Crippen molar-refractivity contribution in [1.29, 1.82) is 0 Å². The van der Waals surface area contributed by atoms with Crippen molar-refractivity contribution in [1.82, 2.24) is 4.72 Å². The lowest BCUT2D eigenvalue weighted by Gasteiger charge is -2.11. The number of sulfonamides is 1. The Bertz CT molecular complexity index is 472. The molecule has 6 heteroatoms. The van der Waals surface area contributed by atoms with Gasteiger partial charge in [0.25, 0.3) is 0 Å². The molecule has 0 aliphatic heterocycles. The second-order valence-corrected chi connectivity index (χ2v) is 5.42. The Morgan fingerprint density at radius 3 is 2.65 bits per heavy atom. The molecule has 3 N–H and O–H groups in total. The Morgan fingerprint density at radius 1 is 1.41 bits per heavy atom. The fourth-order valence-corrected chi connectivity index (χ4v) is 2.13. The van der Waals surface area contributed by atoms with Crippen molar-refractivity contribution in [2.45, 2.75) is 24.8 Å². The van der Waals surface area contributed by atoms with Crippen molar-refractivity contribution in [2.75, 3.05) is 13.7 Å². The highest BCUT2D eigenvalue weighted by Gasteiger charge is 2.13. The number of hydrogen-bond acceptors (Lipinski definition) is 4. The van der Waals surface area contributed by atoms with Gasteiger partial charge in [-0.3, -0.25) is 0 Å². The van der Waals surface area contributed by atoms with Gasteiger partial charge in [0.05, 0.1) is 11.5 Å². The Morgan fingerprint density at radius 2 is 2.12 bits per heavy atom. The van der Waals surface area contributed by atoms with Crippen LogP contribution in [0.4, 0.5) is 0 Å². The Kier molecular flexibility index (Phi) is 4.92. The minimum atomic E-state index is -3.43. The highest BCUT2D eigenvalue weighted by atomic mass is 32.2. The quantitative estimate of drug-likeness (QED) is 0.792. The molecule has 0 saturated heterocycles. The molecule has 0 fully saturated rings. The molecule has 0 saturated carbocycles. The topological polar surface area (TPSA) is 81.4 Å². The van der Waals surface area contributed by atoms with Crippen LogP contribution in [0.5, 0.6) is 5.75 Å². The van der Waals surface area contributed by atoms with Crippen molar-refractivity contribution in [2.24, 2.45) is 5.73 Å². The predicted molar refractivity (Wildman–Crippen MR) is 66.4 cm³/mol. The van der Waals surface area contributed by atoms with Gasteiger partial charge in [-0.15, -0.1) is 0 Å². The maximum absolute atomic E-state index is 11.6. The first-order chi connectivity index (χ1) is 8.05. The molecule has 0 aliphatic rings. The fourth-order valence-electron chi connectivity index (χ4n) is 1.35. The van der Waals surface area contributed by atoms with E-state index in [1.807, 2.05) is 6.92 Å². The van der Waals surface area contributed by atoms with E-state index in [0.717, 1.165) is 6.42 Å². The van der Waals surface area contributed by atoms with E-state index in [4.69, 9.17) is 10.5 Å². The van der Waals surface area contributed by atoms with Gasteiger partial charge in [0.1, 0.15) is 5.75 Å². The highest BCUT2D eigenvalue weighted by Crippen LogP contribution is 2.22. The first-order valence-corrected chi connectivity index (χ1v) is 6.92. The third-order valence-corrected chi connectivity index (χ3v) is 3.70. The van der Waals surface area contributed by atoms with Crippen LogP contribution < -0.4 is 15.2 Å². The number of hydrogen-bond donors (Lipinski definition) is 2. The summed E-state index contributed by atoms with van der Waals surface area (Å²) in [5.74, 6) is 0.643. The SMILES string of the molecule is CCCOc1ccc(S(=O)(=O)NC)cc1CN. The fraction of sp³-hybridized carbons (Fsp3) is 0.455. The second-order valence-electron chi connectivity index (χ2n) is 3.53. The van der Waals surface area contributed by atoms with Crippen LogP contribution in [0, 0.1) is 0 Å². The summed E-state index contributed by atoms with van der Waals surface area (Å²) in [7, 11) is -2.06. The molecule has 0 aliphatic carbocycles. The maximum Gasteiger partial charge on any atom is 0.240 e. The van der Waals surface area contributed by atoms with Crippen LogP contribution in [-0.4, -0.2) is 22.1 Å². The lowest BCUT2D eigenvalue weighted by Crippen LogP contribution is -2.19. The average molecular weight is 258 g/mol. The summed E-state index contributed by atoms with van der Waals surface area (Å²) in [6.07, 6.45) is 0.889. The lowest BCUT2D eigenvalue weighted by atomic mass is 10.2. The molecule has 1 rings (SSSR count). The average Bonchev–Trinajstić information content (AvgIpc) is 2.35. The Balaban J connectivity index is 3.08. The van der Waals surface area contributed by atoms with Crippen molar-refractivity contribution in [3.05, 3.63) is 23.8 Å². The van der Waals surface area contributed by atoms with Gasteiger partial charge in [0.15, 0.2) is 0 Å². The normalized spacial score (nSPS) is 11.5. The van der Waals surface area contributed by atoms with Crippen LogP contribution in [-0.2, 0) is 16.6 Å². The molecule has 96 valence electrons. The smallest absolute Gasteiger partial charge is 0.240 e. The van der Waals surface area contributed by atoms with Crippen molar-refractivity contribution >= 4 is 10.0 Å². The molecule has 17 heavy (non-hydrogen) atoms. The molecule has 0 heterocycles.